The lowest BCUT2D eigenvalue weighted by atomic mass is 10.3. The second kappa shape index (κ2) is 7.43. The minimum absolute atomic E-state index is 0.0706. The van der Waals surface area contributed by atoms with Crippen molar-refractivity contribution in [3.8, 4) is 10.6 Å². The summed E-state index contributed by atoms with van der Waals surface area (Å²) in [6.45, 7) is 1.91. The van der Waals surface area contributed by atoms with E-state index in [1.165, 1.54) is 11.8 Å². The van der Waals surface area contributed by atoms with Crippen molar-refractivity contribution in [2.75, 3.05) is 11.1 Å². The molecule has 0 bridgehead atoms. The van der Waals surface area contributed by atoms with E-state index in [2.05, 4.69) is 15.5 Å². The number of thioether (sulfide) groups is 1. The monoisotopic (exact) mass is 345 g/mol. The maximum absolute atomic E-state index is 11.9. The Balaban J connectivity index is 1.48. The SMILES string of the molecule is Cc1cccnc1NC(=O)CSCc1cc(-c2cccs2)on1. The fraction of sp³-hybridized carbons (Fsp3) is 0.188. The molecular formula is C16H15N3O2S2. The Labute approximate surface area is 142 Å². The summed E-state index contributed by atoms with van der Waals surface area (Å²) in [5.41, 5.74) is 1.78. The van der Waals surface area contributed by atoms with Crippen LogP contribution in [-0.2, 0) is 10.5 Å². The van der Waals surface area contributed by atoms with E-state index in [4.69, 9.17) is 4.52 Å². The molecule has 118 valence electrons. The van der Waals surface area contributed by atoms with Crippen LogP contribution in [0.1, 0.15) is 11.3 Å². The van der Waals surface area contributed by atoms with E-state index >= 15 is 0 Å². The Morgan fingerprint density at radius 3 is 3.09 bits per heavy atom. The average Bonchev–Trinajstić information content (AvgIpc) is 3.20. The predicted octanol–water partition coefficient (Wildman–Crippen LogP) is 3.98. The lowest BCUT2D eigenvalue weighted by Gasteiger charge is -2.06. The Hall–Kier alpha value is -2.12. The number of carbonyl (C=O) groups is 1. The summed E-state index contributed by atoms with van der Waals surface area (Å²) in [6.07, 6.45) is 1.66. The molecule has 0 saturated carbocycles. The number of nitrogens with zero attached hydrogens (tertiary/aromatic N) is 2. The van der Waals surface area contributed by atoms with Gasteiger partial charge in [-0.25, -0.2) is 4.98 Å². The molecule has 7 heteroatoms. The van der Waals surface area contributed by atoms with Gasteiger partial charge in [0.05, 0.1) is 16.3 Å². The van der Waals surface area contributed by atoms with Gasteiger partial charge in [0.1, 0.15) is 5.82 Å². The van der Waals surface area contributed by atoms with Gasteiger partial charge in [-0.15, -0.1) is 23.1 Å². The predicted molar refractivity (Wildman–Crippen MR) is 93.6 cm³/mol. The summed E-state index contributed by atoms with van der Waals surface area (Å²) in [5, 5.41) is 8.84. The van der Waals surface area contributed by atoms with E-state index < -0.39 is 0 Å². The summed E-state index contributed by atoms with van der Waals surface area (Å²) in [4.78, 5) is 17.1. The number of carbonyl (C=O) groups excluding carboxylic acids is 1. The van der Waals surface area contributed by atoms with Crippen LogP contribution >= 0.6 is 23.1 Å². The van der Waals surface area contributed by atoms with E-state index in [-0.39, 0.29) is 5.91 Å². The number of rotatable bonds is 6. The van der Waals surface area contributed by atoms with Crippen molar-refractivity contribution in [2.24, 2.45) is 0 Å². The van der Waals surface area contributed by atoms with Crippen molar-refractivity contribution < 1.29 is 9.32 Å². The van der Waals surface area contributed by atoms with Crippen LogP contribution in [0.15, 0.2) is 46.4 Å². The van der Waals surface area contributed by atoms with Gasteiger partial charge in [-0.05, 0) is 30.0 Å². The maximum atomic E-state index is 11.9. The van der Waals surface area contributed by atoms with E-state index in [9.17, 15) is 4.79 Å². The highest BCUT2D eigenvalue weighted by molar-refractivity contribution is 7.99. The summed E-state index contributed by atoms with van der Waals surface area (Å²) in [7, 11) is 0. The zero-order chi connectivity index (χ0) is 16.1. The van der Waals surface area contributed by atoms with Gasteiger partial charge in [-0.2, -0.15) is 0 Å². The fourth-order valence-electron chi connectivity index (χ4n) is 1.95. The van der Waals surface area contributed by atoms with Crippen molar-refractivity contribution >= 4 is 34.8 Å². The number of pyridine rings is 1. The first kappa shape index (κ1) is 15.8. The molecule has 1 N–H and O–H groups in total. The standard InChI is InChI=1S/C16H15N3O2S2/c1-11-4-2-6-17-16(11)18-15(20)10-22-9-12-8-13(21-19-12)14-5-3-7-23-14/h2-8H,9-10H2,1H3,(H,17,18,20). The number of nitrogens with one attached hydrogen (secondary N) is 1. The van der Waals surface area contributed by atoms with Crippen LogP contribution in [-0.4, -0.2) is 21.8 Å². The Morgan fingerprint density at radius 2 is 2.30 bits per heavy atom. The highest BCUT2D eigenvalue weighted by Crippen LogP contribution is 2.26. The first-order valence-electron chi connectivity index (χ1n) is 7.01. The fourth-order valence-corrected chi connectivity index (χ4v) is 3.33. The van der Waals surface area contributed by atoms with Gasteiger partial charge in [0.15, 0.2) is 5.76 Å². The summed E-state index contributed by atoms with van der Waals surface area (Å²) >= 11 is 3.10. The normalized spacial score (nSPS) is 10.7. The minimum Gasteiger partial charge on any atom is -0.355 e. The van der Waals surface area contributed by atoms with Crippen LogP contribution in [0.3, 0.4) is 0 Å². The number of anilines is 1. The molecule has 0 unspecified atom stereocenters. The highest BCUT2D eigenvalue weighted by Gasteiger charge is 2.09. The van der Waals surface area contributed by atoms with Crippen molar-refractivity contribution in [1.29, 1.82) is 0 Å². The molecule has 0 saturated heterocycles. The van der Waals surface area contributed by atoms with Gasteiger partial charge in [-0.1, -0.05) is 17.3 Å². The van der Waals surface area contributed by atoms with E-state index in [1.807, 2.05) is 42.6 Å². The van der Waals surface area contributed by atoms with Crippen LogP contribution in [0.4, 0.5) is 5.82 Å². The van der Waals surface area contributed by atoms with Crippen LogP contribution in [0.2, 0.25) is 0 Å². The molecule has 0 aliphatic carbocycles. The second-order valence-electron chi connectivity index (χ2n) is 4.87. The lowest BCUT2D eigenvalue weighted by molar-refractivity contribution is -0.113. The van der Waals surface area contributed by atoms with Gasteiger partial charge in [0, 0.05) is 18.0 Å². The molecule has 3 heterocycles. The molecule has 0 atom stereocenters. The molecule has 0 aliphatic rings. The number of aryl methyl sites for hydroxylation is 1. The summed E-state index contributed by atoms with van der Waals surface area (Å²) < 4.78 is 5.31. The van der Waals surface area contributed by atoms with Crippen LogP contribution in [0.25, 0.3) is 10.6 Å². The van der Waals surface area contributed by atoms with Crippen LogP contribution in [0.5, 0.6) is 0 Å². The average molecular weight is 345 g/mol. The van der Waals surface area contributed by atoms with Crippen molar-refractivity contribution in [2.45, 2.75) is 12.7 Å². The smallest absolute Gasteiger partial charge is 0.235 e. The molecule has 3 aromatic heterocycles. The van der Waals surface area contributed by atoms with Gasteiger partial charge in [-0.3, -0.25) is 4.79 Å². The quantitative estimate of drug-likeness (QED) is 0.732. The van der Waals surface area contributed by atoms with E-state index in [0.29, 0.717) is 17.3 Å². The third-order valence-corrected chi connectivity index (χ3v) is 4.92. The Bertz CT molecular complexity index is 784. The lowest BCUT2D eigenvalue weighted by Crippen LogP contribution is -2.15. The summed E-state index contributed by atoms with van der Waals surface area (Å²) in [6, 6.07) is 9.64. The minimum atomic E-state index is -0.0706. The molecule has 0 radical (unpaired) electrons. The van der Waals surface area contributed by atoms with Crippen molar-refractivity contribution in [1.82, 2.24) is 10.1 Å². The largest absolute Gasteiger partial charge is 0.355 e. The zero-order valence-corrected chi connectivity index (χ0v) is 14.1. The van der Waals surface area contributed by atoms with Crippen molar-refractivity contribution in [3.63, 3.8) is 0 Å². The zero-order valence-electron chi connectivity index (χ0n) is 12.5. The topological polar surface area (TPSA) is 68.0 Å². The summed E-state index contributed by atoms with van der Waals surface area (Å²) in [5.74, 6) is 2.28. The molecule has 3 aromatic rings. The first-order chi connectivity index (χ1) is 11.2. The molecule has 0 aromatic carbocycles. The van der Waals surface area contributed by atoms with Gasteiger partial charge >= 0.3 is 0 Å². The first-order valence-corrected chi connectivity index (χ1v) is 9.04. The van der Waals surface area contributed by atoms with Crippen LogP contribution < -0.4 is 5.32 Å². The van der Waals surface area contributed by atoms with Gasteiger partial charge in [0.25, 0.3) is 0 Å². The molecule has 0 spiro atoms. The molecule has 23 heavy (non-hydrogen) atoms. The molecule has 5 nitrogen and oxygen atoms in total. The van der Waals surface area contributed by atoms with E-state index in [0.717, 1.165) is 21.9 Å². The second-order valence-corrected chi connectivity index (χ2v) is 6.80. The Morgan fingerprint density at radius 1 is 1.39 bits per heavy atom. The van der Waals surface area contributed by atoms with Gasteiger partial charge < -0.3 is 9.84 Å². The highest BCUT2D eigenvalue weighted by atomic mass is 32.2. The Kier molecular flexibility index (Phi) is 5.09. The van der Waals surface area contributed by atoms with E-state index in [1.54, 1.807) is 17.5 Å². The number of aromatic nitrogens is 2. The molecule has 1 amide bonds. The van der Waals surface area contributed by atoms with Crippen LogP contribution in [0, 0.1) is 6.92 Å². The molecule has 0 fully saturated rings. The molecule has 3 rings (SSSR count). The third-order valence-electron chi connectivity index (χ3n) is 3.07. The molecular weight excluding hydrogens is 330 g/mol. The maximum Gasteiger partial charge on any atom is 0.235 e. The third kappa shape index (κ3) is 4.20. The van der Waals surface area contributed by atoms with Gasteiger partial charge in [0.2, 0.25) is 5.91 Å². The van der Waals surface area contributed by atoms with Crippen molar-refractivity contribution in [3.05, 3.63) is 53.2 Å². The number of amides is 1. The number of hydrogen-bond donors (Lipinski definition) is 1. The number of thiophene rings is 1. The molecule has 0 aliphatic heterocycles. The number of hydrogen-bond acceptors (Lipinski definition) is 6.